The van der Waals surface area contributed by atoms with Crippen molar-refractivity contribution in [3.05, 3.63) is 134 Å². The van der Waals surface area contributed by atoms with Crippen LogP contribution < -0.4 is 31.4 Å². The van der Waals surface area contributed by atoms with E-state index in [2.05, 4.69) is 148 Å². The van der Waals surface area contributed by atoms with E-state index in [0.717, 1.165) is 12.1 Å². The summed E-state index contributed by atoms with van der Waals surface area (Å²) in [6.07, 6.45) is 3.85. The van der Waals surface area contributed by atoms with Gasteiger partial charge in [-0.3, -0.25) is 10.1 Å². The number of urea groups is 1. The predicted octanol–water partition coefficient (Wildman–Crippen LogP) is 6.38. The molecule has 0 radical (unpaired) electrons. The van der Waals surface area contributed by atoms with Crippen molar-refractivity contribution >= 4 is 49.3 Å². The molecule has 1 aliphatic rings. The lowest BCUT2D eigenvalue weighted by molar-refractivity contribution is -0.115. The second kappa shape index (κ2) is 18.7. The Morgan fingerprint density at radius 1 is 0.698 bits per heavy atom. The van der Waals surface area contributed by atoms with Crippen LogP contribution in [0, 0.1) is 17.8 Å². The van der Waals surface area contributed by atoms with Gasteiger partial charge in [-0.25, -0.2) is 4.79 Å². The fraction of sp³-hybridized carbons (Fsp3) is 0.364. The van der Waals surface area contributed by atoms with E-state index in [1.165, 1.54) is 33.1 Å². The molecule has 0 bridgehead atoms. The van der Waals surface area contributed by atoms with Crippen LogP contribution >= 0.6 is 0 Å². The van der Waals surface area contributed by atoms with E-state index >= 15 is 0 Å². The van der Waals surface area contributed by atoms with Gasteiger partial charge >= 0.3 is 6.03 Å². The maximum Gasteiger partial charge on any atom is 0.322 e. The molecule has 7 nitrogen and oxygen atoms in total. The first-order valence-electron chi connectivity index (χ1n) is 19.0. The molecule has 4 aromatic carbocycles. The first-order chi connectivity index (χ1) is 25.6. The van der Waals surface area contributed by atoms with Gasteiger partial charge in [-0.05, 0) is 70.4 Å². The van der Waals surface area contributed by atoms with Crippen LogP contribution in [-0.4, -0.2) is 53.9 Å². The Labute approximate surface area is 318 Å². The lowest BCUT2D eigenvalue weighted by Gasteiger charge is -2.50. The smallest absolute Gasteiger partial charge is 0.322 e. The maximum atomic E-state index is 13.5. The van der Waals surface area contributed by atoms with E-state index in [1.54, 1.807) is 0 Å². The monoisotopic (exact) mass is 748 g/mol. The number of imide groups is 1. The Kier molecular flexibility index (Phi) is 14.0. The molecule has 53 heavy (non-hydrogen) atoms. The quantitative estimate of drug-likeness (QED) is 0.0702. The predicted molar refractivity (Wildman–Crippen MR) is 220 cm³/mol. The van der Waals surface area contributed by atoms with Gasteiger partial charge in [0, 0.05) is 12.7 Å². The Bertz CT molecular complexity index is 1670. The summed E-state index contributed by atoms with van der Waals surface area (Å²) >= 11 is 0. The summed E-state index contributed by atoms with van der Waals surface area (Å²) in [5, 5.41) is 10.6. The average molecular weight is 749 g/mol. The molecule has 0 spiro atoms. The van der Waals surface area contributed by atoms with Gasteiger partial charge in [0.1, 0.15) is 0 Å². The molecule has 1 saturated carbocycles. The molecule has 1 fully saturated rings. The number of rotatable bonds is 18. The number of carbonyl (C=O) groups is 2. The van der Waals surface area contributed by atoms with Crippen LogP contribution in [0.25, 0.3) is 0 Å². The Morgan fingerprint density at radius 3 is 1.51 bits per heavy atom. The molecule has 2 N–H and O–H groups in total. The molecule has 0 atom stereocenters. The number of nitrogens with one attached hydrogen (secondary N) is 2. The summed E-state index contributed by atoms with van der Waals surface area (Å²) < 4.78 is 19.8. The summed E-state index contributed by atoms with van der Waals surface area (Å²) in [7, 11) is -5.39. The van der Waals surface area contributed by atoms with Gasteiger partial charge in [0.25, 0.3) is 22.5 Å². The maximum absolute atomic E-state index is 13.5. The Hall–Kier alpha value is -4.29. The van der Waals surface area contributed by atoms with Gasteiger partial charge in [-0.2, -0.15) is 0 Å². The molecule has 3 amide bonds. The van der Waals surface area contributed by atoms with Crippen molar-refractivity contribution in [2.75, 3.05) is 19.8 Å². The topological polar surface area (TPSA) is 85.9 Å². The van der Waals surface area contributed by atoms with Crippen molar-refractivity contribution < 1.29 is 23.2 Å². The minimum atomic E-state index is -2.78. The molecule has 4 aromatic rings. The SMILES string of the molecule is CCOC=CC(=O)NC(=O)NC1(CO[Si](CC(C)C)(c2ccccc2)c2ccccc2)CC(CO[Si](CC(C)C)(c2ccccc2)c2ccccc2)C1. The highest BCUT2D eigenvalue weighted by Gasteiger charge is 2.50. The Balaban J connectivity index is 1.44. The van der Waals surface area contributed by atoms with Crippen LogP contribution in [0.1, 0.15) is 47.5 Å². The summed E-state index contributed by atoms with van der Waals surface area (Å²) in [6, 6.07) is 43.8. The molecule has 0 heterocycles. The highest BCUT2D eigenvalue weighted by molar-refractivity contribution is 6.98. The number of hydrogen-bond acceptors (Lipinski definition) is 5. The standard InChI is InChI=1S/C44H56N2O5Si2/c1-6-49-28-27-42(47)45-43(48)46-44(34-51-53(33-36(4)5,40-23-15-9-16-24-40)41-25-17-10-18-26-41)29-37(30-44)31-50-52(32-35(2)3,38-19-11-7-12-20-38)39-21-13-8-14-22-39/h7-28,35-37H,6,29-34H2,1-5H3,(H2,45,46,47,48). The highest BCUT2D eigenvalue weighted by atomic mass is 28.4. The number of amides is 3. The van der Waals surface area contributed by atoms with Crippen molar-refractivity contribution in [3.63, 3.8) is 0 Å². The summed E-state index contributed by atoms with van der Waals surface area (Å²) in [6.45, 7) is 12.2. The third kappa shape index (κ3) is 10.2. The molecular formula is C44H56N2O5Si2. The zero-order chi connectivity index (χ0) is 37.7. The zero-order valence-corrected chi connectivity index (χ0v) is 33.9. The first-order valence-corrected chi connectivity index (χ1v) is 23.2. The highest BCUT2D eigenvalue weighted by Crippen LogP contribution is 2.40. The minimum Gasteiger partial charge on any atom is -0.501 e. The first kappa shape index (κ1) is 39.9. The number of hydrogen-bond donors (Lipinski definition) is 2. The number of ether oxygens (including phenoxy) is 1. The van der Waals surface area contributed by atoms with Gasteiger partial charge in [0.05, 0.1) is 25.0 Å². The molecule has 0 saturated heterocycles. The van der Waals surface area contributed by atoms with Gasteiger partial charge in [-0.1, -0.05) is 149 Å². The summed E-state index contributed by atoms with van der Waals surface area (Å²) in [5.41, 5.74) is -0.692. The second-order valence-corrected chi connectivity index (χ2v) is 22.2. The molecular weight excluding hydrogens is 693 g/mol. The molecule has 0 unspecified atom stereocenters. The van der Waals surface area contributed by atoms with E-state index in [-0.39, 0.29) is 5.92 Å². The van der Waals surface area contributed by atoms with Crippen LogP contribution in [0.5, 0.6) is 0 Å². The van der Waals surface area contributed by atoms with Crippen LogP contribution in [0.3, 0.4) is 0 Å². The molecule has 9 heteroatoms. The molecule has 0 aliphatic heterocycles. The molecule has 0 aromatic heterocycles. The van der Waals surface area contributed by atoms with Crippen molar-refractivity contribution in [1.82, 2.24) is 10.6 Å². The second-order valence-electron chi connectivity index (χ2n) is 15.2. The lowest BCUT2D eigenvalue weighted by atomic mass is 9.69. The van der Waals surface area contributed by atoms with Crippen LogP contribution in [-0.2, 0) is 18.4 Å². The van der Waals surface area contributed by atoms with Crippen LogP contribution in [0.15, 0.2) is 134 Å². The van der Waals surface area contributed by atoms with Gasteiger partial charge in [-0.15, -0.1) is 0 Å². The van der Waals surface area contributed by atoms with Crippen molar-refractivity contribution in [3.8, 4) is 0 Å². The Morgan fingerprint density at radius 2 is 1.11 bits per heavy atom. The molecule has 280 valence electrons. The fourth-order valence-corrected chi connectivity index (χ4v) is 16.6. The van der Waals surface area contributed by atoms with Crippen molar-refractivity contribution in [2.24, 2.45) is 17.8 Å². The van der Waals surface area contributed by atoms with Gasteiger partial charge in [0.15, 0.2) is 0 Å². The molecule has 5 rings (SSSR count). The van der Waals surface area contributed by atoms with Crippen LogP contribution in [0.4, 0.5) is 4.79 Å². The van der Waals surface area contributed by atoms with Crippen LogP contribution in [0.2, 0.25) is 12.1 Å². The third-order valence-electron chi connectivity index (χ3n) is 9.97. The molecule has 1 aliphatic carbocycles. The lowest BCUT2D eigenvalue weighted by Crippen LogP contribution is -2.68. The van der Waals surface area contributed by atoms with E-state index in [4.69, 9.17) is 13.6 Å². The summed E-state index contributed by atoms with van der Waals surface area (Å²) in [5.74, 6) is 0.458. The minimum absolute atomic E-state index is 0.188. The average Bonchev–Trinajstić information content (AvgIpc) is 3.15. The number of carbonyl (C=O) groups excluding carboxylic acids is 2. The van der Waals surface area contributed by atoms with Crippen molar-refractivity contribution in [1.29, 1.82) is 0 Å². The van der Waals surface area contributed by atoms with Gasteiger partial charge < -0.3 is 18.9 Å². The summed E-state index contributed by atoms with van der Waals surface area (Å²) in [4.78, 5) is 26.1. The van der Waals surface area contributed by atoms with E-state index in [1.807, 2.05) is 19.1 Å². The normalized spacial score (nSPS) is 17.5. The van der Waals surface area contributed by atoms with E-state index in [9.17, 15) is 9.59 Å². The fourth-order valence-electron chi connectivity index (χ4n) is 7.81. The number of benzene rings is 4. The zero-order valence-electron chi connectivity index (χ0n) is 31.9. The van der Waals surface area contributed by atoms with E-state index in [0.29, 0.717) is 44.5 Å². The van der Waals surface area contributed by atoms with Gasteiger partial charge in [0.2, 0.25) is 0 Å². The third-order valence-corrected chi connectivity index (χ3v) is 19.1. The van der Waals surface area contributed by atoms with Crippen molar-refractivity contribution in [2.45, 2.75) is 65.1 Å². The van der Waals surface area contributed by atoms with E-state index < -0.39 is 34.1 Å². The largest absolute Gasteiger partial charge is 0.501 e.